The molecule has 44 heavy (non-hydrogen) atoms. The van der Waals surface area contributed by atoms with E-state index >= 15 is 0 Å². The molecule has 0 aliphatic carbocycles. The molecule has 0 saturated carbocycles. The molecule has 0 radical (unpaired) electrons. The monoisotopic (exact) mass is 632 g/mol. The number of thioether (sulfide) groups is 2. The Labute approximate surface area is 271 Å². The fourth-order valence-corrected chi connectivity index (χ4v) is 10.5. The molecule has 2 aromatic carbocycles. The third kappa shape index (κ3) is 7.01. The van der Waals surface area contributed by atoms with Crippen LogP contribution >= 0.6 is 23.5 Å². The van der Waals surface area contributed by atoms with Crippen LogP contribution in [0.15, 0.2) is 58.3 Å². The second kappa shape index (κ2) is 13.6. The molecule has 5 heterocycles. The summed E-state index contributed by atoms with van der Waals surface area (Å²) in [4.78, 5) is 25.4. The highest BCUT2D eigenvalue weighted by molar-refractivity contribution is 8.13. The molecule has 5 saturated heterocycles. The molecule has 0 aromatic heterocycles. The van der Waals surface area contributed by atoms with Crippen molar-refractivity contribution >= 4 is 33.8 Å². The summed E-state index contributed by atoms with van der Waals surface area (Å²) in [5.74, 6) is 0.882. The van der Waals surface area contributed by atoms with Crippen molar-refractivity contribution in [3.05, 3.63) is 59.7 Å². The lowest BCUT2D eigenvalue weighted by atomic mass is 9.83. The number of fused-ring (bicyclic) bond motifs is 8. The highest BCUT2D eigenvalue weighted by Crippen LogP contribution is 2.41. The van der Waals surface area contributed by atoms with Crippen LogP contribution in [0.5, 0.6) is 0 Å². The first-order chi connectivity index (χ1) is 21.4. The molecule has 7 rings (SSSR count). The summed E-state index contributed by atoms with van der Waals surface area (Å²) in [5.41, 5.74) is 2.81. The van der Waals surface area contributed by atoms with E-state index in [2.05, 4.69) is 69.8 Å². The fourth-order valence-electron chi connectivity index (χ4n) is 9.30. The van der Waals surface area contributed by atoms with Gasteiger partial charge in [-0.3, -0.25) is 9.59 Å². The molecule has 0 spiro atoms. The van der Waals surface area contributed by atoms with Gasteiger partial charge in [0.1, 0.15) is 0 Å². The van der Waals surface area contributed by atoms with E-state index in [0.29, 0.717) is 60.2 Å². The summed E-state index contributed by atoms with van der Waals surface area (Å²) in [5, 5.41) is 16.9. The number of carbonyl (C=O) groups excluding carboxylic acids is 2. The number of hydrogen-bond acceptors (Lipinski definition) is 8. The molecule has 0 amide bonds. The standard InChI is InChI=1S/C36H48N4O2S2/c1-21(41)43-29-11-3-23(4-12-29)35-31-15-7-25(37-31)19-27-9-17-33(39-27)36(24-5-13-30(14-6-24)44-22(2)42)34-18-10-28(40-34)20-26-8-16-32(35)38-26/h3-6,11-14,25-28,31-40H,7-10,15-20H2,1-2H3. The van der Waals surface area contributed by atoms with Crippen molar-refractivity contribution in [3.8, 4) is 0 Å². The minimum Gasteiger partial charge on any atom is -0.311 e. The van der Waals surface area contributed by atoms with Gasteiger partial charge in [-0.1, -0.05) is 47.8 Å². The molecule has 8 heteroatoms. The second-order valence-corrected chi connectivity index (χ2v) is 16.5. The Balaban J connectivity index is 1.13. The largest absolute Gasteiger partial charge is 0.311 e. The van der Waals surface area contributed by atoms with E-state index in [-0.39, 0.29) is 10.2 Å². The van der Waals surface area contributed by atoms with Crippen LogP contribution in [0.25, 0.3) is 0 Å². The zero-order chi connectivity index (χ0) is 30.2. The first-order valence-corrected chi connectivity index (χ1v) is 18.6. The van der Waals surface area contributed by atoms with Crippen LogP contribution in [0.4, 0.5) is 0 Å². The number of carbonyl (C=O) groups is 2. The van der Waals surface area contributed by atoms with E-state index in [1.807, 2.05) is 0 Å². The van der Waals surface area contributed by atoms with Gasteiger partial charge in [0.2, 0.25) is 0 Å². The Hall–Kier alpha value is -1.68. The van der Waals surface area contributed by atoms with Crippen LogP contribution in [0.3, 0.4) is 0 Å². The van der Waals surface area contributed by atoms with Crippen LogP contribution in [0.1, 0.15) is 101 Å². The Morgan fingerprint density at radius 2 is 0.795 bits per heavy atom. The number of rotatable bonds is 4. The van der Waals surface area contributed by atoms with Crippen LogP contribution in [-0.4, -0.2) is 58.6 Å². The predicted octanol–water partition coefficient (Wildman–Crippen LogP) is 6.11. The van der Waals surface area contributed by atoms with E-state index in [0.717, 1.165) is 9.79 Å². The highest BCUT2D eigenvalue weighted by atomic mass is 32.2. The van der Waals surface area contributed by atoms with Gasteiger partial charge < -0.3 is 21.3 Å². The zero-order valence-electron chi connectivity index (χ0n) is 26.1. The highest BCUT2D eigenvalue weighted by Gasteiger charge is 2.44. The Morgan fingerprint density at radius 3 is 1.07 bits per heavy atom. The lowest BCUT2D eigenvalue weighted by molar-refractivity contribution is -0.109. The average molecular weight is 633 g/mol. The minimum atomic E-state index is 0.140. The van der Waals surface area contributed by atoms with E-state index < -0.39 is 0 Å². The van der Waals surface area contributed by atoms with E-state index in [1.165, 1.54) is 98.9 Å². The topological polar surface area (TPSA) is 82.3 Å². The normalized spacial score (nSPS) is 36.9. The molecular weight excluding hydrogens is 585 g/mol. The molecule has 236 valence electrons. The number of nitrogens with one attached hydrogen (secondary N) is 4. The summed E-state index contributed by atoms with van der Waals surface area (Å²) in [6.07, 6.45) is 12.2. The van der Waals surface area contributed by atoms with Crippen molar-refractivity contribution in [1.82, 2.24) is 21.3 Å². The zero-order valence-corrected chi connectivity index (χ0v) is 27.7. The maximum absolute atomic E-state index is 11.7. The Kier molecular flexibility index (Phi) is 9.55. The van der Waals surface area contributed by atoms with Crippen molar-refractivity contribution in [2.45, 2.75) is 148 Å². The molecule has 8 unspecified atom stereocenters. The smallest absolute Gasteiger partial charge is 0.190 e. The first kappa shape index (κ1) is 30.9. The van der Waals surface area contributed by atoms with Gasteiger partial charge in [0.15, 0.2) is 10.2 Å². The summed E-state index contributed by atoms with van der Waals surface area (Å²) >= 11 is 2.65. The third-order valence-corrected chi connectivity index (χ3v) is 12.6. The second-order valence-electron chi connectivity index (χ2n) is 14.0. The molecule has 6 nitrogen and oxygen atoms in total. The first-order valence-electron chi connectivity index (χ1n) is 17.0. The van der Waals surface area contributed by atoms with E-state index in [1.54, 1.807) is 13.8 Å². The van der Waals surface area contributed by atoms with E-state index in [4.69, 9.17) is 0 Å². The molecule has 5 fully saturated rings. The number of benzene rings is 2. The Bertz CT molecular complexity index is 1180. The lowest BCUT2D eigenvalue weighted by Gasteiger charge is -2.33. The van der Waals surface area contributed by atoms with Crippen LogP contribution < -0.4 is 21.3 Å². The number of hydrogen-bond donors (Lipinski definition) is 4. The SMILES string of the molecule is CC(=O)Sc1ccc(C2C3CCC(CC4CCC(N4)C(c4ccc(SC(C)=O)cc4)C4CCC(CC5CCC2N5)N4)N3)cc1. The van der Waals surface area contributed by atoms with Crippen molar-refractivity contribution < 1.29 is 9.59 Å². The van der Waals surface area contributed by atoms with Crippen LogP contribution in [0.2, 0.25) is 0 Å². The molecule has 5 aliphatic rings. The molecule has 8 atom stereocenters. The Morgan fingerprint density at radius 1 is 0.500 bits per heavy atom. The van der Waals surface area contributed by atoms with Crippen molar-refractivity contribution in [1.29, 1.82) is 0 Å². The quantitative estimate of drug-likeness (QED) is 0.301. The van der Waals surface area contributed by atoms with Crippen molar-refractivity contribution in [2.24, 2.45) is 0 Å². The molecular formula is C36H48N4O2S2. The molecule has 5 aliphatic heterocycles. The maximum Gasteiger partial charge on any atom is 0.190 e. The molecule has 4 N–H and O–H groups in total. The maximum atomic E-state index is 11.7. The van der Waals surface area contributed by atoms with Gasteiger partial charge >= 0.3 is 0 Å². The van der Waals surface area contributed by atoms with Gasteiger partial charge in [0, 0.05) is 83.8 Å². The van der Waals surface area contributed by atoms with Gasteiger partial charge in [-0.05, 0) is 99.6 Å². The van der Waals surface area contributed by atoms with Gasteiger partial charge in [0.05, 0.1) is 0 Å². The van der Waals surface area contributed by atoms with Crippen LogP contribution in [-0.2, 0) is 9.59 Å². The van der Waals surface area contributed by atoms with Gasteiger partial charge in [-0.2, -0.15) is 0 Å². The fraction of sp³-hybridized carbons (Fsp3) is 0.611. The van der Waals surface area contributed by atoms with Gasteiger partial charge in [0.25, 0.3) is 0 Å². The lowest BCUT2D eigenvalue weighted by Crippen LogP contribution is -2.48. The summed E-state index contributed by atoms with van der Waals surface area (Å²) in [6, 6.07) is 21.8. The predicted molar refractivity (Wildman–Crippen MR) is 180 cm³/mol. The van der Waals surface area contributed by atoms with Crippen molar-refractivity contribution in [2.75, 3.05) is 0 Å². The molecule has 2 aromatic rings. The summed E-state index contributed by atoms with van der Waals surface area (Å²) in [6.45, 7) is 3.28. The van der Waals surface area contributed by atoms with Crippen molar-refractivity contribution in [3.63, 3.8) is 0 Å². The van der Waals surface area contributed by atoms with Gasteiger partial charge in [-0.15, -0.1) is 0 Å². The minimum absolute atomic E-state index is 0.140. The average Bonchev–Trinajstić information content (AvgIpc) is 3.81. The summed E-state index contributed by atoms with van der Waals surface area (Å²) < 4.78 is 0. The van der Waals surface area contributed by atoms with Gasteiger partial charge in [-0.25, -0.2) is 0 Å². The molecule has 8 bridgehead atoms. The summed E-state index contributed by atoms with van der Waals surface area (Å²) in [7, 11) is 0. The van der Waals surface area contributed by atoms with Crippen LogP contribution in [0, 0.1) is 0 Å². The third-order valence-electron chi connectivity index (χ3n) is 11.0. The van der Waals surface area contributed by atoms with E-state index in [9.17, 15) is 9.59 Å².